The summed E-state index contributed by atoms with van der Waals surface area (Å²) in [6.07, 6.45) is 6.70. The minimum absolute atomic E-state index is 0.108. The first-order chi connectivity index (χ1) is 8.08. The van der Waals surface area contributed by atoms with Crippen LogP contribution in [0.2, 0.25) is 0 Å². The Morgan fingerprint density at radius 1 is 1.41 bits per heavy atom. The molecule has 0 radical (unpaired) electrons. The van der Waals surface area contributed by atoms with Crippen molar-refractivity contribution in [2.24, 2.45) is 17.6 Å². The standard InChI is InChI=1S/C14H27NO2/c1-4-10(3)13(15)14(16)17-12-8-6-7-11(5-2)9-12/h10-13H,4-9,15H2,1-3H3. The van der Waals surface area contributed by atoms with Crippen molar-refractivity contribution < 1.29 is 9.53 Å². The van der Waals surface area contributed by atoms with E-state index in [1.54, 1.807) is 0 Å². The highest BCUT2D eigenvalue weighted by atomic mass is 16.5. The molecule has 1 rings (SSSR count). The number of ether oxygens (including phenoxy) is 1. The zero-order chi connectivity index (χ0) is 12.8. The van der Waals surface area contributed by atoms with E-state index < -0.39 is 6.04 Å². The van der Waals surface area contributed by atoms with Gasteiger partial charge in [-0.05, 0) is 31.1 Å². The van der Waals surface area contributed by atoms with Gasteiger partial charge in [-0.2, -0.15) is 0 Å². The average molecular weight is 241 g/mol. The van der Waals surface area contributed by atoms with Crippen molar-refractivity contribution in [2.45, 2.75) is 71.4 Å². The Morgan fingerprint density at radius 2 is 2.12 bits per heavy atom. The molecule has 0 aromatic heterocycles. The predicted octanol–water partition coefficient (Wildman–Crippen LogP) is 2.87. The third kappa shape index (κ3) is 4.30. The van der Waals surface area contributed by atoms with Crippen LogP contribution in [0.1, 0.15) is 59.3 Å². The Morgan fingerprint density at radius 3 is 2.71 bits per heavy atom. The first-order valence-corrected chi connectivity index (χ1v) is 7.04. The molecule has 0 aromatic carbocycles. The smallest absolute Gasteiger partial charge is 0.323 e. The largest absolute Gasteiger partial charge is 0.461 e. The lowest BCUT2D eigenvalue weighted by atomic mass is 9.85. The molecule has 4 unspecified atom stereocenters. The predicted molar refractivity (Wildman–Crippen MR) is 69.6 cm³/mol. The molecule has 1 aliphatic rings. The Labute approximate surface area is 105 Å². The fourth-order valence-corrected chi connectivity index (χ4v) is 2.45. The van der Waals surface area contributed by atoms with Crippen LogP contribution in [-0.2, 0) is 9.53 Å². The minimum Gasteiger partial charge on any atom is -0.461 e. The maximum absolute atomic E-state index is 11.9. The Hall–Kier alpha value is -0.570. The summed E-state index contributed by atoms with van der Waals surface area (Å²) in [5, 5.41) is 0. The number of hydrogen-bond acceptors (Lipinski definition) is 3. The number of carbonyl (C=O) groups excluding carboxylic acids is 1. The summed E-state index contributed by atoms with van der Waals surface area (Å²) in [4.78, 5) is 11.9. The second-order valence-corrected chi connectivity index (χ2v) is 5.41. The average Bonchev–Trinajstić information content (AvgIpc) is 2.37. The van der Waals surface area contributed by atoms with Crippen molar-refractivity contribution in [1.82, 2.24) is 0 Å². The van der Waals surface area contributed by atoms with Gasteiger partial charge in [0.05, 0.1) is 0 Å². The molecular formula is C14H27NO2. The molecular weight excluding hydrogens is 214 g/mol. The molecule has 1 fully saturated rings. The van der Waals surface area contributed by atoms with E-state index in [9.17, 15) is 4.79 Å². The van der Waals surface area contributed by atoms with Crippen molar-refractivity contribution in [2.75, 3.05) is 0 Å². The third-order valence-corrected chi connectivity index (χ3v) is 4.12. The molecule has 4 atom stereocenters. The summed E-state index contributed by atoms with van der Waals surface area (Å²) in [7, 11) is 0. The van der Waals surface area contributed by atoms with Crippen molar-refractivity contribution in [3.05, 3.63) is 0 Å². The van der Waals surface area contributed by atoms with Gasteiger partial charge in [0, 0.05) is 0 Å². The van der Waals surface area contributed by atoms with Crippen molar-refractivity contribution in [3.8, 4) is 0 Å². The van der Waals surface area contributed by atoms with Crippen LogP contribution in [0.5, 0.6) is 0 Å². The number of nitrogens with two attached hydrogens (primary N) is 1. The lowest BCUT2D eigenvalue weighted by Gasteiger charge is -2.29. The van der Waals surface area contributed by atoms with E-state index in [1.165, 1.54) is 19.3 Å². The SMILES string of the molecule is CCC1CCCC(OC(=O)C(N)C(C)CC)C1. The van der Waals surface area contributed by atoms with Gasteiger partial charge in [-0.25, -0.2) is 0 Å². The van der Waals surface area contributed by atoms with Gasteiger partial charge < -0.3 is 10.5 Å². The van der Waals surface area contributed by atoms with E-state index in [2.05, 4.69) is 6.92 Å². The highest BCUT2D eigenvalue weighted by molar-refractivity contribution is 5.76. The van der Waals surface area contributed by atoms with Gasteiger partial charge >= 0.3 is 5.97 Å². The fraction of sp³-hybridized carbons (Fsp3) is 0.929. The third-order valence-electron chi connectivity index (χ3n) is 4.12. The van der Waals surface area contributed by atoms with Gasteiger partial charge in [-0.15, -0.1) is 0 Å². The van der Waals surface area contributed by atoms with Gasteiger partial charge in [-0.1, -0.05) is 40.0 Å². The van der Waals surface area contributed by atoms with Crippen LogP contribution in [0.25, 0.3) is 0 Å². The number of rotatable bonds is 5. The van der Waals surface area contributed by atoms with Crippen molar-refractivity contribution >= 4 is 5.97 Å². The quantitative estimate of drug-likeness (QED) is 0.753. The van der Waals surface area contributed by atoms with Gasteiger partial charge in [-0.3, -0.25) is 4.79 Å². The second kappa shape index (κ2) is 7.00. The normalized spacial score (nSPS) is 28.5. The van der Waals surface area contributed by atoms with E-state index in [-0.39, 0.29) is 18.0 Å². The summed E-state index contributed by atoms with van der Waals surface area (Å²) < 4.78 is 5.54. The molecule has 0 aliphatic heterocycles. The molecule has 0 saturated heterocycles. The van der Waals surface area contributed by atoms with Crippen LogP contribution in [0.4, 0.5) is 0 Å². The molecule has 1 saturated carbocycles. The van der Waals surface area contributed by atoms with Crippen molar-refractivity contribution in [3.63, 3.8) is 0 Å². The number of hydrogen-bond donors (Lipinski definition) is 1. The Balaban J connectivity index is 2.40. The summed E-state index contributed by atoms with van der Waals surface area (Å²) in [6.45, 7) is 6.26. The maximum atomic E-state index is 11.9. The van der Waals surface area contributed by atoms with Crippen LogP contribution in [0.3, 0.4) is 0 Å². The first kappa shape index (κ1) is 14.5. The molecule has 2 N–H and O–H groups in total. The highest BCUT2D eigenvalue weighted by Crippen LogP contribution is 2.28. The monoisotopic (exact) mass is 241 g/mol. The lowest BCUT2D eigenvalue weighted by Crippen LogP contribution is -2.40. The lowest BCUT2D eigenvalue weighted by molar-refractivity contribution is -0.154. The van der Waals surface area contributed by atoms with Crippen LogP contribution >= 0.6 is 0 Å². The molecule has 17 heavy (non-hydrogen) atoms. The first-order valence-electron chi connectivity index (χ1n) is 7.04. The molecule has 0 bridgehead atoms. The van der Waals surface area contributed by atoms with Crippen molar-refractivity contribution in [1.29, 1.82) is 0 Å². The molecule has 3 nitrogen and oxygen atoms in total. The van der Waals surface area contributed by atoms with Gasteiger partial charge in [0.2, 0.25) is 0 Å². The topological polar surface area (TPSA) is 52.3 Å². The Kier molecular flexibility index (Phi) is 5.96. The number of esters is 1. The fourth-order valence-electron chi connectivity index (χ4n) is 2.45. The Bertz CT molecular complexity index is 242. The summed E-state index contributed by atoms with van der Waals surface area (Å²) in [5.74, 6) is 0.718. The highest BCUT2D eigenvalue weighted by Gasteiger charge is 2.27. The molecule has 0 heterocycles. The molecule has 0 spiro atoms. The van der Waals surface area contributed by atoms with E-state index in [0.717, 1.165) is 25.2 Å². The van der Waals surface area contributed by atoms with E-state index >= 15 is 0 Å². The second-order valence-electron chi connectivity index (χ2n) is 5.41. The molecule has 0 amide bonds. The van der Waals surface area contributed by atoms with Gasteiger partial charge in [0.25, 0.3) is 0 Å². The van der Waals surface area contributed by atoms with E-state index in [1.807, 2.05) is 13.8 Å². The minimum atomic E-state index is -0.456. The molecule has 100 valence electrons. The molecule has 0 aromatic rings. The zero-order valence-electron chi connectivity index (χ0n) is 11.4. The van der Waals surface area contributed by atoms with Gasteiger partial charge in [0.1, 0.15) is 12.1 Å². The van der Waals surface area contributed by atoms with Crippen LogP contribution < -0.4 is 5.73 Å². The van der Waals surface area contributed by atoms with Crippen LogP contribution in [0.15, 0.2) is 0 Å². The van der Waals surface area contributed by atoms with E-state index in [4.69, 9.17) is 10.5 Å². The summed E-state index contributed by atoms with van der Waals surface area (Å²) in [5.41, 5.74) is 5.88. The maximum Gasteiger partial charge on any atom is 0.323 e. The summed E-state index contributed by atoms with van der Waals surface area (Å²) in [6, 6.07) is -0.456. The van der Waals surface area contributed by atoms with Crippen LogP contribution in [-0.4, -0.2) is 18.1 Å². The number of carbonyl (C=O) groups is 1. The van der Waals surface area contributed by atoms with E-state index in [0.29, 0.717) is 0 Å². The zero-order valence-corrected chi connectivity index (χ0v) is 11.4. The van der Waals surface area contributed by atoms with Crippen LogP contribution in [0, 0.1) is 11.8 Å². The molecule has 1 aliphatic carbocycles. The summed E-state index contributed by atoms with van der Waals surface area (Å²) >= 11 is 0. The molecule has 3 heteroatoms. The van der Waals surface area contributed by atoms with Gasteiger partial charge in [0.15, 0.2) is 0 Å².